The molecule has 1 amide bonds. The van der Waals surface area contributed by atoms with E-state index in [9.17, 15) is 4.79 Å². The average molecular weight is 354 g/mol. The molecule has 6 rings (SSSR count). The summed E-state index contributed by atoms with van der Waals surface area (Å²) in [5.74, 6) is 3.79. The van der Waals surface area contributed by atoms with Crippen LogP contribution >= 0.6 is 0 Å². The summed E-state index contributed by atoms with van der Waals surface area (Å²) in [6, 6.07) is 3.95. The molecule has 0 spiro atoms. The Morgan fingerprint density at radius 3 is 2.50 bits per heavy atom. The van der Waals surface area contributed by atoms with Crippen LogP contribution in [-0.2, 0) is 4.79 Å². The molecule has 1 saturated heterocycles. The van der Waals surface area contributed by atoms with Gasteiger partial charge in [-0.15, -0.1) is 0 Å². The number of carbonyl (C=O) groups is 1. The Bertz CT molecular complexity index is 649. The number of aryl methyl sites for hydroxylation is 1. The van der Waals surface area contributed by atoms with Crippen LogP contribution in [0.15, 0.2) is 18.3 Å². The summed E-state index contributed by atoms with van der Waals surface area (Å²) in [6.07, 6.45) is 11.9. The van der Waals surface area contributed by atoms with Crippen molar-refractivity contribution in [2.45, 2.75) is 64.4 Å². The van der Waals surface area contributed by atoms with Gasteiger partial charge in [-0.2, -0.15) is 0 Å². The Hall–Kier alpha value is -1.58. The van der Waals surface area contributed by atoms with Gasteiger partial charge in [0.2, 0.25) is 11.8 Å². The van der Waals surface area contributed by atoms with Gasteiger partial charge in [0.25, 0.3) is 0 Å². The summed E-state index contributed by atoms with van der Waals surface area (Å²) in [7, 11) is 0. The molecule has 2 heterocycles. The van der Waals surface area contributed by atoms with Crippen molar-refractivity contribution in [3.05, 3.63) is 23.9 Å². The second-order valence-electron chi connectivity index (χ2n) is 9.64. The number of aromatic nitrogens is 1. The Morgan fingerprint density at radius 1 is 1.19 bits per heavy atom. The maximum Gasteiger partial charge on any atom is 0.223 e. The predicted molar refractivity (Wildman–Crippen MR) is 99.8 cm³/mol. The van der Waals surface area contributed by atoms with Crippen LogP contribution in [0.3, 0.4) is 0 Å². The van der Waals surface area contributed by atoms with Crippen molar-refractivity contribution in [1.29, 1.82) is 0 Å². The number of rotatable bonds is 4. The van der Waals surface area contributed by atoms with Crippen LogP contribution in [0.2, 0.25) is 0 Å². The number of hydrogen-bond donors (Lipinski definition) is 0. The molecule has 1 atom stereocenters. The number of carbonyl (C=O) groups excluding carboxylic acids is 1. The van der Waals surface area contributed by atoms with Crippen LogP contribution in [0.5, 0.6) is 5.88 Å². The van der Waals surface area contributed by atoms with Gasteiger partial charge in [0.15, 0.2) is 0 Å². The molecule has 0 aromatic carbocycles. The highest BCUT2D eigenvalue weighted by molar-refractivity contribution is 5.77. The monoisotopic (exact) mass is 354 g/mol. The molecule has 1 aromatic heterocycles. The average Bonchev–Trinajstić information content (AvgIpc) is 3.04. The van der Waals surface area contributed by atoms with E-state index in [-0.39, 0.29) is 6.10 Å². The number of amides is 1. The van der Waals surface area contributed by atoms with E-state index in [0.717, 1.165) is 49.2 Å². The molecule has 0 radical (unpaired) electrons. The number of hydrogen-bond acceptors (Lipinski definition) is 3. The number of likely N-dealkylation sites (tertiary alicyclic amines) is 1. The van der Waals surface area contributed by atoms with Crippen LogP contribution in [-0.4, -0.2) is 35.0 Å². The van der Waals surface area contributed by atoms with Crippen LogP contribution in [0.4, 0.5) is 0 Å². The topological polar surface area (TPSA) is 42.4 Å². The first-order chi connectivity index (χ1) is 12.6. The molecule has 140 valence electrons. The number of nitrogens with zero attached hydrogens (tertiary/aromatic N) is 2. The van der Waals surface area contributed by atoms with Gasteiger partial charge in [0, 0.05) is 31.6 Å². The maximum atomic E-state index is 13.0. The van der Waals surface area contributed by atoms with E-state index in [1.165, 1.54) is 38.5 Å². The molecular formula is C22H30N2O2. The van der Waals surface area contributed by atoms with Gasteiger partial charge in [-0.05, 0) is 74.2 Å². The lowest BCUT2D eigenvalue weighted by atomic mass is 9.49. The minimum Gasteiger partial charge on any atom is -0.472 e. The highest BCUT2D eigenvalue weighted by Crippen LogP contribution is 2.61. The normalized spacial score (nSPS) is 38.0. The highest BCUT2D eigenvalue weighted by Gasteiger charge is 2.52. The zero-order chi connectivity index (χ0) is 17.7. The SMILES string of the molecule is Cc1ccc(OC2CCN(C(=O)CC34CC5CC(CC(C5)C3)C4)C2)nc1. The summed E-state index contributed by atoms with van der Waals surface area (Å²) in [6.45, 7) is 3.58. The molecule has 5 fully saturated rings. The van der Waals surface area contributed by atoms with Crippen molar-refractivity contribution in [3.8, 4) is 5.88 Å². The molecule has 4 bridgehead atoms. The third-order valence-electron chi connectivity index (χ3n) is 7.36. The van der Waals surface area contributed by atoms with Crippen LogP contribution in [0, 0.1) is 30.1 Å². The first-order valence-electron chi connectivity index (χ1n) is 10.4. The van der Waals surface area contributed by atoms with Crippen molar-refractivity contribution in [2.24, 2.45) is 23.2 Å². The van der Waals surface area contributed by atoms with E-state index in [0.29, 0.717) is 17.2 Å². The van der Waals surface area contributed by atoms with Crippen molar-refractivity contribution in [3.63, 3.8) is 0 Å². The van der Waals surface area contributed by atoms with Gasteiger partial charge >= 0.3 is 0 Å². The Labute approximate surface area is 156 Å². The van der Waals surface area contributed by atoms with Crippen molar-refractivity contribution in [1.82, 2.24) is 9.88 Å². The van der Waals surface area contributed by atoms with Gasteiger partial charge in [0.1, 0.15) is 6.10 Å². The van der Waals surface area contributed by atoms with Gasteiger partial charge in [-0.3, -0.25) is 4.79 Å². The lowest BCUT2D eigenvalue weighted by Gasteiger charge is -2.56. The largest absolute Gasteiger partial charge is 0.472 e. The van der Waals surface area contributed by atoms with Gasteiger partial charge < -0.3 is 9.64 Å². The van der Waals surface area contributed by atoms with E-state index in [2.05, 4.69) is 9.88 Å². The van der Waals surface area contributed by atoms with Gasteiger partial charge in [0.05, 0.1) is 6.54 Å². The quantitative estimate of drug-likeness (QED) is 0.821. The van der Waals surface area contributed by atoms with E-state index >= 15 is 0 Å². The first kappa shape index (κ1) is 16.6. The smallest absolute Gasteiger partial charge is 0.223 e. The van der Waals surface area contributed by atoms with Crippen LogP contribution in [0.25, 0.3) is 0 Å². The fourth-order valence-electron chi connectivity index (χ4n) is 6.68. The fraction of sp³-hybridized carbons (Fsp3) is 0.727. The maximum absolute atomic E-state index is 13.0. The van der Waals surface area contributed by atoms with Crippen molar-refractivity contribution in [2.75, 3.05) is 13.1 Å². The Balaban J connectivity index is 1.19. The van der Waals surface area contributed by atoms with Crippen LogP contribution < -0.4 is 4.74 Å². The van der Waals surface area contributed by atoms with Crippen LogP contribution in [0.1, 0.15) is 56.9 Å². The minimum absolute atomic E-state index is 0.0884. The summed E-state index contributed by atoms with van der Waals surface area (Å²) >= 11 is 0. The summed E-state index contributed by atoms with van der Waals surface area (Å²) < 4.78 is 6.00. The first-order valence-corrected chi connectivity index (χ1v) is 10.4. The fourth-order valence-corrected chi connectivity index (χ4v) is 6.68. The van der Waals surface area contributed by atoms with E-state index in [4.69, 9.17) is 4.74 Å². The van der Waals surface area contributed by atoms with Gasteiger partial charge in [-0.1, -0.05) is 6.07 Å². The van der Waals surface area contributed by atoms with E-state index < -0.39 is 0 Å². The molecule has 1 unspecified atom stereocenters. The Kier molecular flexibility index (Phi) is 3.98. The van der Waals surface area contributed by atoms with E-state index in [1.54, 1.807) is 0 Å². The summed E-state index contributed by atoms with van der Waals surface area (Å²) in [4.78, 5) is 19.4. The molecule has 1 aliphatic heterocycles. The molecule has 26 heavy (non-hydrogen) atoms. The zero-order valence-electron chi connectivity index (χ0n) is 15.8. The molecule has 4 heteroatoms. The Morgan fingerprint density at radius 2 is 1.88 bits per heavy atom. The van der Waals surface area contributed by atoms with E-state index in [1.807, 2.05) is 25.3 Å². The number of pyridine rings is 1. The summed E-state index contributed by atoms with van der Waals surface area (Å²) in [5.41, 5.74) is 1.47. The molecule has 4 saturated carbocycles. The predicted octanol–water partition coefficient (Wildman–Crippen LogP) is 3.98. The molecule has 4 nitrogen and oxygen atoms in total. The molecule has 1 aromatic rings. The zero-order valence-corrected chi connectivity index (χ0v) is 15.8. The number of ether oxygens (including phenoxy) is 1. The third kappa shape index (κ3) is 3.12. The van der Waals surface area contributed by atoms with Crippen molar-refractivity contribution < 1.29 is 9.53 Å². The highest BCUT2D eigenvalue weighted by atomic mass is 16.5. The molecule has 5 aliphatic rings. The summed E-state index contributed by atoms with van der Waals surface area (Å²) in [5, 5.41) is 0. The molecule has 0 N–H and O–H groups in total. The second-order valence-corrected chi connectivity index (χ2v) is 9.64. The standard InChI is InChI=1S/C22H30N2O2/c1-15-2-3-20(23-13-15)26-19-4-5-24(14-19)21(25)12-22-9-16-6-17(10-22)8-18(7-16)11-22/h2-3,13,16-19H,4-12,14H2,1H3. The minimum atomic E-state index is 0.0884. The molecular weight excluding hydrogens is 324 g/mol. The van der Waals surface area contributed by atoms with Crippen molar-refractivity contribution >= 4 is 5.91 Å². The lowest BCUT2D eigenvalue weighted by molar-refractivity contribution is -0.138. The molecule has 4 aliphatic carbocycles. The lowest BCUT2D eigenvalue weighted by Crippen LogP contribution is -2.48. The van der Waals surface area contributed by atoms with Gasteiger partial charge in [-0.25, -0.2) is 4.98 Å². The third-order valence-corrected chi connectivity index (χ3v) is 7.36. The second kappa shape index (κ2) is 6.24.